The third-order valence-corrected chi connectivity index (χ3v) is 4.13. The predicted molar refractivity (Wildman–Crippen MR) is 68.8 cm³/mol. The molecule has 4 atom stereocenters. The van der Waals surface area contributed by atoms with Crippen LogP contribution in [0.25, 0.3) is 0 Å². The van der Waals surface area contributed by atoms with Crippen molar-refractivity contribution in [1.29, 1.82) is 0 Å². The van der Waals surface area contributed by atoms with E-state index < -0.39 is 12.1 Å². The minimum Gasteiger partial charge on any atom is -0.462 e. The molecule has 2 aliphatic rings. The van der Waals surface area contributed by atoms with Gasteiger partial charge in [-0.25, -0.2) is 4.79 Å². The minimum atomic E-state index is -0.402. The summed E-state index contributed by atoms with van der Waals surface area (Å²) in [5.74, 6) is -0.896. The van der Waals surface area contributed by atoms with Crippen molar-refractivity contribution in [3.8, 4) is 0 Å². The van der Waals surface area contributed by atoms with Crippen LogP contribution in [0.15, 0.2) is 30.3 Å². The van der Waals surface area contributed by atoms with Crippen molar-refractivity contribution >= 4 is 11.9 Å². The largest absolute Gasteiger partial charge is 0.462 e. The number of fused-ring (bicyclic) bond motifs is 1. The average Bonchev–Trinajstić information content (AvgIpc) is 2.95. The molecule has 2 fully saturated rings. The zero-order chi connectivity index (χ0) is 14.1. The van der Waals surface area contributed by atoms with Crippen molar-refractivity contribution in [3.05, 3.63) is 35.9 Å². The van der Waals surface area contributed by atoms with Crippen LogP contribution in [0.5, 0.6) is 0 Å². The van der Waals surface area contributed by atoms with Crippen LogP contribution in [-0.4, -0.2) is 35.9 Å². The van der Waals surface area contributed by atoms with E-state index in [0.29, 0.717) is 18.4 Å². The van der Waals surface area contributed by atoms with Gasteiger partial charge in [0.2, 0.25) is 0 Å². The Bertz CT molecular complexity index is 512. The van der Waals surface area contributed by atoms with Crippen molar-refractivity contribution in [1.82, 2.24) is 0 Å². The van der Waals surface area contributed by atoms with Gasteiger partial charge in [-0.1, -0.05) is 18.2 Å². The topological polar surface area (TPSA) is 72.8 Å². The van der Waals surface area contributed by atoms with Crippen LogP contribution in [0.4, 0.5) is 0 Å². The Morgan fingerprint density at radius 1 is 1.35 bits per heavy atom. The van der Waals surface area contributed by atoms with Gasteiger partial charge >= 0.3 is 11.9 Å². The fraction of sp³-hybridized carbons (Fsp3) is 0.467. The molecule has 3 rings (SSSR count). The Kier molecular flexibility index (Phi) is 3.44. The number of hydrogen-bond acceptors (Lipinski definition) is 5. The maximum absolute atomic E-state index is 12.0. The molecule has 0 radical (unpaired) electrons. The molecule has 1 aliphatic heterocycles. The summed E-state index contributed by atoms with van der Waals surface area (Å²) in [6.07, 6.45) is 0.152. The second-order valence-electron chi connectivity index (χ2n) is 5.29. The molecule has 20 heavy (non-hydrogen) atoms. The van der Waals surface area contributed by atoms with Crippen molar-refractivity contribution in [2.24, 2.45) is 11.8 Å². The van der Waals surface area contributed by atoms with Crippen molar-refractivity contribution in [3.63, 3.8) is 0 Å². The van der Waals surface area contributed by atoms with Gasteiger partial charge in [-0.05, 0) is 12.1 Å². The Morgan fingerprint density at radius 3 is 2.80 bits per heavy atom. The Hall–Kier alpha value is -1.88. The normalized spacial score (nSPS) is 31.8. The van der Waals surface area contributed by atoms with Gasteiger partial charge in [0, 0.05) is 24.9 Å². The van der Waals surface area contributed by atoms with Crippen LogP contribution >= 0.6 is 0 Å². The number of benzene rings is 1. The van der Waals surface area contributed by atoms with E-state index in [2.05, 4.69) is 0 Å². The zero-order valence-corrected chi connectivity index (χ0v) is 10.9. The number of aliphatic hydroxyl groups excluding tert-OH is 1. The molecule has 0 unspecified atom stereocenters. The molecule has 1 heterocycles. The smallest absolute Gasteiger partial charge is 0.338 e. The lowest BCUT2D eigenvalue weighted by atomic mass is 9.93. The van der Waals surface area contributed by atoms with Gasteiger partial charge in [0.05, 0.1) is 12.0 Å². The van der Waals surface area contributed by atoms with E-state index in [1.165, 1.54) is 0 Å². The van der Waals surface area contributed by atoms with Crippen LogP contribution in [0, 0.1) is 11.8 Å². The van der Waals surface area contributed by atoms with Crippen LogP contribution in [0.2, 0.25) is 0 Å². The summed E-state index contributed by atoms with van der Waals surface area (Å²) < 4.78 is 10.7. The van der Waals surface area contributed by atoms with Crippen LogP contribution in [-0.2, 0) is 14.3 Å². The molecular weight excluding hydrogens is 260 g/mol. The first-order valence-corrected chi connectivity index (χ1v) is 6.75. The molecule has 1 saturated carbocycles. The lowest BCUT2D eigenvalue weighted by Crippen LogP contribution is -2.28. The number of carbonyl (C=O) groups excluding carboxylic acids is 2. The highest BCUT2D eigenvalue weighted by Gasteiger charge is 2.51. The summed E-state index contributed by atoms with van der Waals surface area (Å²) in [4.78, 5) is 23.3. The second-order valence-corrected chi connectivity index (χ2v) is 5.29. The third kappa shape index (κ3) is 2.29. The van der Waals surface area contributed by atoms with Gasteiger partial charge < -0.3 is 14.6 Å². The molecular formula is C15H16O5. The average molecular weight is 276 g/mol. The molecule has 0 bridgehead atoms. The second kappa shape index (κ2) is 5.25. The summed E-state index contributed by atoms with van der Waals surface area (Å²) in [7, 11) is 0. The van der Waals surface area contributed by atoms with E-state index in [1.54, 1.807) is 24.3 Å². The Morgan fingerprint density at radius 2 is 2.10 bits per heavy atom. The number of esters is 2. The van der Waals surface area contributed by atoms with Crippen molar-refractivity contribution in [2.75, 3.05) is 6.61 Å². The standard InChI is InChI=1S/C15H16O5/c16-8-11-10-6-14(17)19-12(10)7-13(11)20-15(18)9-4-2-1-3-5-9/h1-5,10-13,16H,6-8H2/t10-,11+,12+,13+/m0/s1. The lowest BCUT2D eigenvalue weighted by Gasteiger charge is -2.20. The Balaban J connectivity index is 1.69. The first-order chi connectivity index (χ1) is 9.69. The molecule has 1 aromatic carbocycles. The third-order valence-electron chi connectivity index (χ3n) is 4.13. The summed E-state index contributed by atoms with van der Waals surface area (Å²) in [6.45, 7) is -0.107. The van der Waals surface area contributed by atoms with Gasteiger partial charge in [-0.15, -0.1) is 0 Å². The fourth-order valence-electron chi connectivity index (χ4n) is 3.13. The SMILES string of the molecule is O=C1C[C@H]2[C@@H](CO)[C@H](OC(=O)c3ccccc3)C[C@H]2O1. The quantitative estimate of drug-likeness (QED) is 0.839. The van der Waals surface area contributed by atoms with Gasteiger partial charge in [0.25, 0.3) is 0 Å². The van der Waals surface area contributed by atoms with Gasteiger partial charge in [0.1, 0.15) is 12.2 Å². The maximum atomic E-state index is 12.0. The van der Waals surface area contributed by atoms with Crippen LogP contribution in [0.1, 0.15) is 23.2 Å². The number of aliphatic hydroxyl groups is 1. The molecule has 106 valence electrons. The molecule has 0 spiro atoms. The summed E-state index contributed by atoms with van der Waals surface area (Å²) in [5.41, 5.74) is 0.484. The van der Waals surface area contributed by atoms with Crippen LogP contribution < -0.4 is 0 Å². The molecule has 1 N–H and O–H groups in total. The molecule has 1 aliphatic carbocycles. The summed E-state index contributed by atoms with van der Waals surface area (Å²) in [6, 6.07) is 8.74. The monoisotopic (exact) mass is 276 g/mol. The molecule has 5 nitrogen and oxygen atoms in total. The number of hydrogen-bond donors (Lipinski definition) is 1. The molecule has 0 amide bonds. The van der Waals surface area contributed by atoms with E-state index in [1.807, 2.05) is 6.07 Å². The van der Waals surface area contributed by atoms with Gasteiger partial charge in [-0.2, -0.15) is 0 Å². The van der Waals surface area contributed by atoms with E-state index in [0.717, 1.165) is 0 Å². The molecule has 5 heteroatoms. The fourth-order valence-corrected chi connectivity index (χ4v) is 3.13. The van der Waals surface area contributed by atoms with Gasteiger partial charge in [0.15, 0.2) is 0 Å². The molecule has 1 aromatic rings. The number of ether oxygens (including phenoxy) is 2. The van der Waals surface area contributed by atoms with Crippen molar-refractivity contribution < 1.29 is 24.2 Å². The Labute approximate surface area is 116 Å². The highest BCUT2D eigenvalue weighted by molar-refractivity contribution is 5.89. The van der Waals surface area contributed by atoms with E-state index in [-0.39, 0.29) is 30.5 Å². The minimum absolute atomic E-state index is 0.0407. The number of carbonyl (C=O) groups is 2. The number of rotatable bonds is 3. The van der Waals surface area contributed by atoms with E-state index >= 15 is 0 Å². The van der Waals surface area contributed by atoms with Crippen LogP contribution in [0.3, 0.4) is 0 Å². The van der Waals surface area contributed by atoms with E-state index in [4.69, 9.17) is 9.47 Å². The lowest BCUT2D eigenvalue weighted by molar-refractivity contribution is -0.141. The highest BCUT2D eigenvalue weighted by atomic mass is 16.6. The zero-order valence-electron chi connectivity index (χ0n) is 10.9. The highest BCUT2D eigenvalue weighted by Crippen LogP contribution is 2.42. The molecule has 0 aromatic heterocycles. The summed E-state index contributed by atoms with van der Waals surface area (Å²) in [5, 5.41) is 9.50. The first kappa shape index (κ1) is 13.1. The predicted octanol–water partition coefficient (Wildman–Crippen LogP) is 1.16. The van der Waals surface area contributed by atoms with E-state index in [9.17, 15) is 14.7 Å². The van der Waals surface area contributed by atoms with Crippen molar-refractivity contribution in [2.45, 2.75) is 25.0 Å². The maximum Gasteiger partial charge on any atom is 0.338 e. The van der Waals surface area contributed by atoms with Gasteiger partial charge in [-0.3, -0.25) is 4.79 Å². The first-order valence-electron chi connectivity index (χ1n) is 6.75. The summed E-state index contributed by atoms with van der Waals surface area (Å²) >= 11 is 0. The molecule has 1 saturated heterocycles.